The van der Waals surface area contributed by atoms with Crippen LogP contribution in [0.1, 0.15) is 75.7 Å². The predicted molar refractivity (Wildman–Crippen MR) is 145 cm³/mol. The van der Waals surface area contributed by atoms with E-state index in [2.05, 4.69) is 4.98 Å². The fraction of sp³-hybridized carbons (Fsp3) is 0.419. The molecular formula is C31H38FNO4. The number of halogens is 1. The summed E-state index contributed by atoms with van der Waals surface area (Å²) in [6.07, 6.45) is 8.78. The van der Waals surface area contributed by atoms with E-state index in [-0.39, 0.29) is 6.10 Å². The largest absolute Gasteiger partial charge is 0.485 e. The highest BCUT2D eigenvalue weighted by Gasteiger charge is 2.21. The van der Waals surface area contributed by atoms with Gasteiger partial charge in [-0.3, -0.25) is 4.79 Å². The van der Waals surface area contributed by atoms with E-state index in [1.54, 1.807) is 13.0 Å². The van der Waals surface area contributed by atoms with Gasteiger partial charge in [-0.1, -0.05) is 76.4 Å². The molecule has 1 N–H and O–H groups in total. The first-order valence-corrected chi connectivity index (χ1v) is 13.3. The van der Waals surface area contributed by atoms with Crippen molar-refractivity contribution in [2.75, 3.05) is 7.11 Å². The monoisotopic (exact) mass is 507 g/mol. The van der Waals surface area contributed by atoms with Gasteiger partial charge in [0.15, 0.2) is 0 Å². The Morgan fingerprint density at radius 2 is 1.81 bits per heavy atom. The molecule has 0 radical (unpaired) electrons. The molecule has 1 aromatic heterocycles. The van der Waals surface area contributed by atoms with Crippen molar-refractivity contribution in [1.82, 2.24) is 4.98 Å². The van der Waals surface area contributed by atoms with Gasteiger partial charge in [-0.2, -0.15) is 0 Å². The summed E-state index contributed by atoms with van der Waals surface area (Å²) < 4.78 is 25.8. The maximum atomic E-state index is 14.3. The van der Waals surface area contributed by atoms with Gasteiger partial charge in [0.25, 0.3) is 0 Å². The number of aryl methyl sites for hydroxylation is 1. The van der Waals surface area contributed by atoms with Gasteiger partial charge in [-0.25, -0.2) is 9.37 Å². The van der Waals surface area contributed by atoms with Crippen molar-refractivity contribution in [1.29, 1.82) is 0 Å². The first-order valence-electron chi connectivity index (χ1n) is 13.3. The van der Waals surface area contributed by atoms with Crippen LogP contribution in [0.25, 0.3) is 11.1 Å². The number of aliphatic carboxylic acids is 1. The average Bonchev–Trinajstić information content (AvgIpc) is 3.81. The van der Waals surface area contributed by atoms with Crippen LogP contribution in [-0.2, 0) is 17.6 Å². The zero-order chi connectivity index (χ0) is 26.8. The lowest BCUT2D eigenvalue weighted by Gasteiger charge is -2.19. The Balaban J connectivity index is 0.000000694. The summed E-state index contributed by atoms with van der Waals surface area (Å²) in [5.74, 6) is -0.475. The molecule has 1 aliphatic carbocycles. The second kappa shape index (κ2) is 13.8. The van der Waals surface area contributed by atoms with E-state index in [9.17, 15) is 14.3 Å². The molecule has 5 rings (SSSR count). The molecule has 0 amide bonds. The number of hydrogen-bond acceptors (Lipinski definition) is 4. The molecule has 1 fully saturated rings. The van der Waals surface area contributed by atoms with Crippen LogP contribution in [-0.4, -0.2) is 23.2 Å². The first kappa shape index (κ1) is 28.2. The van der Waals surface area contributed by atoms with Crippen LogP contribution in [0.15, 0.2) is 54.7 Å². The van der Waals surface area contributed by atoms with E-state index in [1.165, 1.54) is 26.4 Å². The predicted octanol–water partition coefficient (Wildman–Crippen LogP) is 7.81. The van der Waals surface area contributed by atoms with Crippen molar-refractivity contribution in [2.24, 2.45) is 5.92 Å². The van der Waals surface area contributed by atoms with Gasteiger partial charge < -0.3 is 14.6 Å². The highest BCUT2D eigenvalue weighted by atomic mass is 19.1. The smallest absolute Gasteiger partial charge is 0.306 e. The molecule has 0 spiro atoms. The van der Waals surface area contributed by atoms with Crippen LogP contribution in [0.3, 0.4) is 0 Å². The number of methoxy groups -OCH3 is 1. The number of ether oxygens (including phenoxy) is 2. The molecule has 3 aromatic rings. The number of carbonyl (C=O) groups is 1. The van der Waals surface area contributed by atoms with Crippen molar-refractivity contribution in [2.45, 2.75) is 71.8 Å². The normalized spacial score (nSPS) is 16.3. The Morgan fingerprint density at radius 1 is 1.11 bits per heavy atom. The molecule has 37 heavy (non-hydrogen) atoms. The first-order chi connectivity index (χ1) is 17.9. The lowest BCUT2D eigenvalue weighted by Crippen LogP contribution is -2.12. The second-order valence-corrected chi connectivity index (χ2v) is 9.27. The molecule has 6 heteroatoms. The molecule has 198 valence electrons. The van der Waals surface area contributed by atoms with Crippen molar-refractivity contribution in [3.8, 4) is 22.8 Å². The van der Waals surface area contributed by atoms with Crippen LogP contribution in [0.5, 0.6) is 11.6 Å². The third-order valence-electron chi connectivity index (χ3n) is 6.26. The van der Waals surface area contributed by atoms with Gasteiger partial charge >= 0.3 is 5.97 Å². The third-order valence-corrected chi connectivity index (χ3v) is 6.26. The SMILES string of the molecule is C1CC1.CC.COc1cc(-c2ccc(C3CCCc4ccc(CC(C)C(=O)O)cc4O3)cc2)c(F)cn1. The van der Waals surface area contributed by atoms with E-state index >= 15 is 0 Å². The molecule has 2 unspecified atom stereocenters. The van der Waals surface area contributed by atoms with Gasteiger partial charge in [0.05, 0.1) is 19.2 Å². The Kier molecular flexibility index (Phi) is 10.5. The van der Waals surface area contributed by atoms with Gasteiger partial charge in [-0.15, -0.1) is 0 Å². The molecule has 2 atom stereocenters. The third kappa shape index (κ3) is 8.04. The lowest BCUT2D eigenvalue weighted by molar-refractivity contribution is -0.141. The summed E-state index contributed by atoms with van der Waals surface area (Å²) in [7, 11) is 1.50. The fourth-order valence-corrected chi connectivity index (χ4v) is 4.04. The molecule has 1 saturated carbocycles. The fourth-order valence-electron chi connectivity index (χ4n) is 4.04. The molecule has 2 aliphatic rings. The minimum absolute atomic E-state index is 0.116. The zero-order valence-corrected chi connectivity index (χ0v) is 22.3. The number of pyridine rings is 1. The Labute approximate surface area is 219 Å². The summed E-state index contributed by atoms with van der Waals surface area (Å²) in [5.41, 5.74) is 4.30. The Hall–Kier alpha value is -3.41. The minimum atomic E-state index is -0.804. The minimum Gasteiger partial charge on any atom is -0.485 e. The molecular weight excluding hydrogens is 469 g/mol. The van der Waals surface area contributed by atoms with Gasteiger partial charge in [0.2, 0.25) is 5.88 Å². The van der Waals surface area contributed by atoms with Crippen LogP contribution in [0, 0.1) is 11.7 Å². The second-order valence-electron chi connectivity index (χ2n) is 9.27. The van der Waals surface area contributed by atoms with E-state index < -0.39 is 17.7 Å². The maximum absolute atomic E-state index is 14.3. The summed E-state index contributed by atoms with van der Waals surface area (Å²) >= 11 is 0. The summed E-state index contributed by atoms with van der Waals surface area (Å²) in [5, 5.41) is 9.20. The maximum Gasteiger partial charge on any atom is 0.306 e. The Bertz CT molecular complexity index is 1160. The lowest BCUT2D eigenvalue weighted by atomic mass is 9.98. The number of hydrogen-bond donors (Lipinski definition) is 1. The van der Waals surface area contributed by atoms with Crippen LogP contribution >= 0.6 is 0 Å². The highest BCUT2D eigenvalue weighted by Crippen LogP contribution is 2.36. The summed E-state index contributed by atoms with van der Waals surface area (Å²) in [4.78, 5) is 15.1. The van der Waals surface area contributed by atoms with Crippen molar-refractivity contribution in [3.63, 3.8) is 0 Å². The number of carboxylic acids is 1. The van der Waals surface area contributed by atoms with Crippen LogP contribution < -0.4 is 9.47 Å². The number of benzene rings is 2. The number of fused-ring (bicyclic) bond motifs is 1. The average molecular weight is 508 g/mol. The van der Waals surface area contributed by atoms with Gasteiger partial charge in [0.1, 0.15) is 17.7 Å². The molecule has 2 heterocycles. The Morgan fingerprint density at radius 3 is 2.43 bits per heavy atom. The standard InChI is InChI=1S/C26H26FNO4.C3H6.C2H6/c1-16(26(29)30)12-17-6-7-19-4-3-5-23(32-24(19)13-17)20-10-8-18(9-11-20)21-14-25(31-2)28-15-22(21)27;1-2-3-1;1-2/h6-11,13-16,23H,3-5,12H2,1-2H3,(H,29,30);1-3H2;1-2H3. The molecule has 1 aliphatic heterocycles. The molecule has 0 bridgehead atoms. The molecule has 5 nitrogen and oxygen atoms in total. The van der Waals surface area contributed by atoms with E-state index in [0.717, 1.165) is 53.5 Å². The molecule has 0 saturated heterocycles. The quantitative estimate of drug-likeness (QED) is 0.368. The van der Waals surface area contributed by atoms with E-state index in [1.807, 2.05) is 56.3 Å². The number of carboxylic acid groups (broad SMARTS) is 1. The van der Waals surface area contributed by atoms with E-state index in [0.29, 0.717) is 17.9 Å². The van der Waals surface area contributed by atoms with Crippen molar-refractivity contribution >= 4 is 5.97 Å². The number of rotatable bonds is 6. The summed E-state index contributed by atoms with van der Waals surface area (Å²) in [6, 6.07) is 15.3. The van der Waals surface area contributed by atoms with Crippen molar-refractivity contribution < 1.29 is 23.8 Å². The summed E-state index contributed by atoms with van der Waals surface area (Å²) in [6.45, 7) is 5.71. The number of aromatic nitrogens is 1. The van der Waals surface area contributed by atoms with Crippen LogP contribution in [0.4, 0.5) is 4.39 Å². The topological polar surface area (TPSA) is 68.7 Å². The number of nitrogens with zero attached hydrogens (tertiary/aromatic N) is 1. The van der Waals surface area contributed by atoms with E-state index in [4.69, 9.17) is 9.47 Å². The van der Waals surface area contributed by atoms with Crippen LogP contribution in [0.2, 0.25) is 0 Å². The molecule has 2 aromatic carbocycles. The van der Waals surface area contributed by atoms with Gasteiger partial charge in [0, 0.05) is 11.6 Å². The van der Waals surface area contributed by atoms with Crippen molar-refractivity contribution in [3.05, 3.63) is 77.2 Å². The van der Waals surface area contributed by atoms with Gasteiger partial charge in [-0.05, 0) is 54.0 Å². The highest BCUT2D eigenvalue weighted by molar-refractivity contribution is 5.70. The zero-order valence-electron chi connectivity index (χ0n) is 22.3.